The number of likely N-dealkylation sites (tertiary alicyclic amines) is 1. The number of nitrogens with zero attached hydrogens (tertiary/aromatic N) is 1. The quantitative estimate of drug-likeness (QED) is 0.780. The van der Waals surface area contributed by atoms with Crippen molar-refractivity contribution in [1.29, 1.82) is 0 Å². The van der Waals surface area contributed by atoms with Crippen LogP contribution in [0.1, 0.15) is 25.7 Å². The Morgan fingerprint density at radius 1 is 1.48 bits per heavy atom. The number of anilines is 2. The third kappa shape index (κ3) is 4.11. The molecule has 1 aromatic carbocycles. The molecule has 2 amide bonds. The maximum atomic E-state index is 11.9. The molecule has 1 fully saturated rings. The van der Waals surface area contributed by atoms with Gasteiger partial charge in [-0.15, -0.1) is 0 Å². The molecule has 0 aromatic heterocycles. The summed E-state index contributed by atoms with van der Waals surface area (Å²) < 4.78 is 5.18. The van der Waals surface area contributed by atoms with E-state index in [0.717, 1.165) is 13.0 Å². The summed E-state index contributed by atoms with van der Waals surface area (Å²) in [6.07, 6.45) is 2.57. The van der Waals surface area contributed by atoms with Crippen molar-refractivity contribution >= 4 is 23.2 Å². The third-order valence-electron chi connectivity index (χ3n) is 3.50. The molecule has 1 saturated heterocycles. The minimum absolute atomic E-state index is 0.106. The fourth-order valence-corrected chi connectivity index (χ4v) is 2.41. The standard InChI is InChI=1S/C15H21N3O3/c1-21-13-7-6-11(16)10-12(13)17-14(19)4-2-8-18-9-3-5-15(18)20/h6-7,10H,2-5,8-9,16H2,1H3,(H,17,19). The van der Waals surface area contributed by atoms with Gasteiger partial charge in [0.25, 0.3) is 0 Å². The summed E-state index contributed by atoms with van der Waals surface area (Å²) in [6.45, 7) is 1.45. The smallest absolute Gasteiger partial charge is 0.224 e. The molecule has 0 unspecified atom stereocenters. The summed E-state index contributed by atoms with van der Waals surface area (Å²) in [5, 5.41) is 2.79. The molecule has 0 spiro atoms. The predicted molar refractivity (Wildman–Crippen MR) is 81.1 cm³/mol. The van der Waals surface area contributed by atoms with Crippen molar-refractivity contribution in [2.75, 3.05) is 31.2 Å². The molecule has 1 aromatic rings. The van der Waals surface area contributed by atoms with Gasteiger partial charge in [-0.2, -0.15) is 0 Å². The van der Waals surface area contributed by atoms with Crippen LogP contribution in [-0.4, -0.2) is 36.9 Å². The molecule has 1 aliphatic rings. The van der Waals surface area contributed by atoms with Crippen LogP contribution in [0.4, 0.5) is 11.4 Å². The highest BCUT2D eigenvalue weighted by molar-refractivity contribution is 5.92. The summed E-state index contributed by atoms with van der Waals surface area (Å²) in [5.41, 5.74) is 6.84. The first kappa shape index (κ1) is 15.2. The number of nitrogens with one attached hydrogen (secondary N) is 1. The van der Waals surface area contributed by atoms with Crippen LogP contribution < -0.4 is 15.8 Å². The third-order valence-corrected chi connectivity index (χ3v) is 3.50. The van der Waals surface area contributed by atoms with Crippen molar-refractivity contribution in [3.63, 3.8) is 0 Å². The summed E-state index contributed by atoms with van der Waals surface area (Å²) in [4.78, 5) is 25.2. The molecule has 0 aliphatic carbocycles. The number of benzene rings is 1. The maximum absolute atomic E-state index is 11.9. The van der Waals surface area contributed by atoms with Gasteiger partial charge in [0.1, 0.15) is 5.75 Å². The van der Waals surface area contributed by atoms with Crippen molar-refractivity contribution in [3.05, 3.63) is 18.2 Å². The summed E-state index contributed by atoms with van der Waals surface area (Å²) in [6, 6.07) is 5.10. The molecule has 0 atom stereocenters. The van der Waals surface area contributed by atoms with E-state index in [1.807, 2.05) is 4.90 Å². The zero-order valence-corrected chi connectivity index (χ0v) is 12.2. The minimum Gasteiger partial charge on any atom is -0.495 e. The van der Waals surface area contributed by atoms with E-state index in [4.69, 9.17) is 10.5 Å². The Kier molecular flexibility index (Phi) is 5.03. The highest BCUT2D eigenvalue weighted by atomic mass is 16.5. The van der Waals surface area contributed by atoms with Gasteiger partial charge in [0.15, 0.2) is 0 Å². The highest BCUT2D eigenvalue weighted by Gasteiger charge is 2.19. The Labute approximate surface area is 124 Å². The number of ether oxygens (including phenoxy) is 1. The van der Waals surface area contributed by atoms with E-state index in [0.29, 0.717) is 42.9 Å². The topological polar surface area (TPSA) is 84.7 Å². The van der Waals surface area contributed by atoms with Gasteiger partial charge in [0, 0.05) is 31.6 Å². The number of carbonyl (C=O) groups excluding carboxylic acids is 2. The van der Waals surface area contributed by atoms with E-state index >= 15 is 0 Å². The molecule has 0 bridgehead atoms. The van der Waals surface area contributed by atoms with Crippen molar-refractivity contribution in [2.45, 2.75) is 25.7 Å². The number of nitrogen functional groups attached to an aromatic ring is 1. The molecular formula is C15H21N3O3. The number of nitrogens with two attached hydrogens (primary N) is 1. The maximum Gasteiger partial charge on any atom is 0.224 e. The van der Waals surface area contributed by atoms with Crippen LogP contribution in [0, 0.1) is 0 Å². The van der Waals surface area contributed by atoms with Crippen molar-refractivity contribution in [3.8, 4) is 5.75 Å². The Balaban J connectivity index is 1.81. The molecule has 0 saturated carbocycles. The van der Waals surface area contributed by atoms with Crippen LogP contribution in [0.25, 0.3) is 0 Å². The largest absolute Gasteiger partial charge is 0.495 e. The average Bonchev–Trinajstić information content (AvgIpc) is 2.85. The van der Waals surface area contributed by atoms with E-state index in [2.05, 4.69) is 5.32 Å². The minimum atomic E-state index is -0.106. The number of rotatable bonds is 6. The van der Waals surface area contributed by atoms with Gasteiger partial charge in [-0.3, -0.25) is 9.59 Å². The van der Waals surface area contributed by atoms with E-state index in [1.54, 1.807) is 25.3 Å². The van der Waals surface area contributed by atoms with E-state index in [1.165, 1.54) is 0 Å². The lowest BCUT2D eigenvalue weighted by atomic mass is 10.2. The first-order valence-corrected chi connectivity index (χ1v) is 7.11. The lowest BCUT2D eigenvalue weighted by Crippen LogP contribution is -2.26. The molecule has 6 nitrogen and oxygen atoms in total. The van der Waals surface area contributed by atoms with Crippen molar-refractivity contribution in [2.24, 2.45) is 0 Å². The van der Waals surface area contributed by atoms with Gasteiger partial charge in [0.05, 0.1) is 12.8 Å². The van der Waals surface area contributed by atoms with Crippen LogP contribution in [0.2, 0.25) is 0 Å². The molecule has 3 N–H and O–H groups in total. The van der Waals surface area contributed by atoms with Gasteiger partial charge in [-0.05, 0) is 31.0 Å². The number of amides is 2. The van der Waals surface area contributed by atoms with E-state index < -0.39 is 0 Å². The number of hydrogen-bond acceptors (Lipinski definition) is 4. The predicted octanol–water partition coefficient (Wildman–Crippen LogP) is 1.62. The molecule has 114 valence electrons. The van der Waals surface area contributed by atoms with Crippen LogP contribution in [-0.2, 0) is 9.59 Å². The normalized spacial score (nSPS) is 14.3. The molecule has 0 radical (unpaired) electrons. The Hall–Kier alpha value is -2.24. The van der Waals surface area contributed by atoms with Crippen LogP contribution in [0.3, 0.4) is 0 Å². The van der Waals surface area contributed by atoms with E-state index in [-0.39, 0.29) is 11.8 Å². The Morgan fingerprint density at radius 3 is 2.95 bits per heavy atom. The first-order valence-electron chi connectivity index (χ1n) is 7.11. The SMILES string of the molecule is COc1ccc(N)cc1NC(=O)CCCN1CCCC1=O. The molecule has 6 heteroatoms. The second-order valence-electron chi connectivity index (χ2n) is 5.10. The van der Waals surface area contributed by atoms with Gasteiger partial charge >= 0.3 is 0 Å². The van der Waals surface area contributed by atoms with Crippen molar-refractivity contribution < 1.29 is 14.3 Å². The van der Waals surface area contributed by atoms with Gasteiger partial charge in [-0.1, -0.05) is 0 Å². The van der Waals surface area contributed by atoms with Crippen molar-refractivity contribution in [1.82, 2.24) is 4.90 Å². The number of carbonyl (C=O) groups is 2. The van der Waals surface area contributed by atoms with Gasteiger partial charge in [0.2, 0.25) is 11.8 Å². The molecular weight excluding hydrogens is 270 g/mol. The zero-order valence-electron chi connectivity index (χ0n) is 12.2. The fourth-order valence-electron chi connectivity index (χ4n) is 2.41. The fraction of sp³-hybridized carbons (Fsp3) is 0.467. The summed E-state index contributed by atoms with van der Waals surface area (Å²) in [7, 11) is 1.54. The lowest BCUT2D eigenvalue weighted by Gasteiger charge is -2.15. The number of hydrogen-bond donors (Lipinski definition) is 2. The van der Waals surface area contributed by atoms with Crippen LogP contribution in [0.5, 0.6) is 5.75 Å². The summed E-state index contributed by atoms with van der Waals surface area (Å²) in [5.74, 6) is 0.658. The van der Waals surface area contributed by atoms with Gasteiger partial charge in [-0.25, -0.2) is 0 Å². The van der Waals surface area contributed by atoms with Crippen LogP contribution in [0.15, 0.2) is 18.2 Å². The Morgan fingerprint density at radius 2 is 2.29 bits per heavy atom. The van der Waals surface area contributed by atoms with Crippen LogP contribution >= 0.6 is 0 Å². The number of methoxy groups -OCH3 is 1. The second-order valence-corrected chi connectivity index (χ2v) is 5.10. The highest BCUT2D eigenvalue weighted by Crippen LogP contribution is 2.26. The lowest BCUT2D eigenvalue weighted by molar-refractivity contribution is -0.128. The zero-order chi connectivity index (χ0) is 15.2. The van der Waals surface area contributed by atoms with E-state index in [9.17, 15) is 9.59 Å². The second kappa shape index (κ2) is 6.97. The molecule has 1 aliphatic heterocycles. The first-order chi connectivity index (χ1) is 10.1. The Bertz CT molecular complexity index is 531. The molecule has 21 heavy (non-hydrogen) atoms. The molecule has 2 rings (SSSR count). The molecule has 1 heterocycles. The monoisotopic (exact) mass is 291 g/mol. The summed E-state index contributed by atoms with van der Waals surface area (Å²) >= 11 is 0. The average molecular weight is 291 g/mol. The van der Waals surface area contributed by atoms with Gasteiger partial charge < -0.3 is 20.7 Å².